The van der Waals surface area contributed by atoms with Crippen molar-refractivity contribution in [3.8, 4) is 0 Å². The van der Waals surface area contributed by atoms with E-state index in [9.17, 15) is 0 Å². The first-order valence-electron chi connectivity index (χ1n) is 6.89. The van der Waals surface area contributed by atoms with Gasteiger partial charge in [-0.1, -0.05) is 58.0 Å². The molecule has 1 fully saturated rings. The van der Waals surface area contributed by atoms with Gasteiger partial charge in [0.25, 0.3) is 0 Å². The van der Waals surface area contributed by atoms with Crippen LogP contribution in [0, 0.1) is 5.41 Å². The van der Waals surface area contributed by atoms with E-state index in [0.717, 1.165) is 5.25 Å². The van der Waals surface area contributed by atoms with Crippen LogP contribution in [0.4, 0.5) is 0 Å². The first-order chi connectivity index (χ1) is 8.47. The Morgan fingerprint density at radius 1 is 1.22 bits per heavy atom. The zero-order chi connectivity index (χ0) is 13.2. The highest BCUT2D eigenvalue weighted by Crippen LogP contribution is 2.35. The topological polar surface area (TPSA) is 12.0 Å². The molecule has 0 saturated carbocycles. The lowest BCUT2D eigenvalue weighted by molar-refractivity contribution is 0.253. The number of benzene rings is 1. The van der Waals surface area contributed by atoms with Crippen LogP contribution in [0.5, 0.6) is 0 Å². The maximum Gasteiger partial charge on any atom is 0.0371 e. The first kappa shape index (κ1) is 14.0. The van der Waals surface area contributed by atoms with Gasteiger partial charge in [0.15, 0.2) is 0 Å². The molecule has 0 aliphatic carbocycles. The molecule has 1 heterocycles. The summed E-state index contributed by atoms with van der Waals surface area (Å²) in [6.45, 7) is 9.30. The minimum absolute atomic E-state index is 0.248. The Balaban J connectivity index is 2.12. The third-order valence-electron chi connectivity index (χ3n) is 3.60. The molecule has 100 valence electrons. The summed E-state index contributed by atoms with van der Waals surface area (Å²) in [7, 11) is 0. The Hall–Kier alpha value is -0.470. The van der Waals surface area contributed by atoms with Crippen molar-refractivity contribution in [1.29, 1.82) is 0 Å². The van der Waals surface area contributed by atoms with E-state index >= 15 is 0 Å². The molecule has 0 spiro atoms. The van der Waals surface area contributed by atoms with Crippen LogP contribution in [-0.4, -0.2) is 17.0 Å². The predicted molar refractivity (Wildman–Crippen MR) is 82.1 cm³/mol. The van der Waals surface area contributed by atoms with Crippen LogP contribution in [0.2, 0.25) is 0 Å². The van der Waals surface area contributed by atoms with Gasteiger partial charge in [-0.2, -0.15) is 11.8 Å². The Morgan fingerprint density at radius 3 is 2.39 bits per heavy atom. The quantitative estimate of drug-likeness (QED) is 0.874. The molecule has 3 unspecified atom stereocenters. The Kier molecular flexibility index (Phi) is 4.39. The van der Waals surface area contributed by atoms with Crippen LogP contribution < -0.4 is 5.32 Å². The Morgan fingerprint density at radius 2 is 1.89 bits per heavy atom. The third-order valence-corrected chi connectivity index (χ3v) is 4.96. The molecule has 0 radical (unpaired) electrons. The number of thioether (sulfide) groups is 1. The van der Waals surface area contributed by atoms with E-state index in [-0.39, 0.29) is 5.41 Å². The molecule has 0 amide bonds. The normalized spacial score (nSPS) is 26.2. The van der Waals surface area contributed by atoms with Crippen LogP contribution >= 0.6 is 11.8 Å². The molecule has 1 N–H and O–H groups in total. The lowest BCUT2D eigenvalue weighted by Crippen LogP contribution is -2.39. The van der Waals surface area contributed by atoms with E-state index in [0.29, 0.717) is 12.1 Å². The third kappa shape index (κ3) is 3.52. The number of hydrogen-bond donors (Lipinski definition) is 1. The number of rotatable bonds is 3. The Bertz CT molecular complexity index is 368. The number of nitrogens with one attached hydrogen (secondary N) is 1. The average Bonchev–Trinajstić information content (AvgIpc) is 2.72. The molecular formula is C16H25NS. The maximum atomic E-state index is 3.88. The predicted octanol–water partition coefficient (Wildman–Crippen LogP) is 4.26. The second kappa shape index (κ2) is 5.66. The summed E-state index contributed by atoms with van der Waals surface area (Å²) in [4.78, 5) is 0. The molecule has 1 nitrogen and oxygen atoms in total. The SMILES string of the molecule is CC1CC(NC(c2ccccc2)C(C)(C)C)CS1. The lowest BCUT2D eigenvalue weighted by Gasteiger charge is -2.34. The molecule has 1 aliphatic heterocycles. The molecule has 2 heteroatoms. The van der Waals surface area contributed by atoms with E-state index in [4.69, 9.17) is 0 Å². The van der Waals surface area contributed by atoms with Crippen molar-refractivity contribution in [3.05, 3.63) is 35.9 Å². The standard InChI is InChI=1S/C16H25NS/c1-12-10-14(11-18-12)17-15(16(2,3)4)13-8-6-5-7-9-13/h5-9,12,14-15,17H,10-11H2,1-4H3. The zero-order valence-electron chi connectivity index (χ0n) is 11.9. The summed E-state index contributed by atoms with van der Waals surface area (Å²) in [5.41, 5.74) is 1.66. The van der Waals surface area contributed by atoms with Crippen LogP contribution in [0.3, 0.4) is 0 Å². The van der Waals surface area contributed by atoms with Gasteiger partial charge in [-0.15, -0.1) is 0 Å². The first-order valence-corrected chi connectivity index (χ1v) is 7.94. The average molecular weight is 263 g/mol. The van der Waals surface area contributed by atoms with Gasteiger partial charge in [0.05, 0.1) is 0 Å². The highest BCUT2D eigenvalue weighted by atomic mass is 32.2. The maximum absolute atomic E-state index is 3.88. The van der Waals surface area contributed by atoms with E-state index in [1.807, 2.05) is 0 Å². The van der Waals surface area contributed by atoms with E-state index in [2.05, 4.69) is 75.1 Å². The van der Waals surface area contributed by atoms with Gasteiger partial charge in [-0.3, -0.25) is 0 Å². The van der Waals surface area contributed by atoms with Gasteiger partial charge in [-0.05, 0) is 17.4 Å². The Labute approximate surface area is 116 Å². The van der Waals surface area contributed by atoms with E-state index in [1.54, 1.807) is 0 Å². The highest BCUT2D eigenvalue weighted by molar-refractivity contribution is 8.00. The summed E-state index contributed by atoms with van der Waals surface area (Å²) in [5, 5.41) is 4.69. The van der Waals surface area contributed by atoms with Crippen LogP contribution in [0.15, 0.2) is 30.3 Å². The van der Waals surface area contributed by atoms with E-state index in [1.165, 1.54) is 17.7 Å². The van der Waals surface area contributed by atoms with Gasteiger partial charge in [-0.25, -0.2) is 0 Å². The van der Waals surface area contributed by atoms with Crippen LogP contribution in [-0.2, 0) is 0 Å². The van der Waals surface area contributed by atoms with Crippen LogP contribution in [0.25, 0.3) is 0 Å². The molecular weight excluding hydrogens is 238 g/mol. The summed E-state index contributed by atoms with van der Waals surface area (Å²) < 4.78 is 0. The minimum Gasteiger partial charge on any atom is -0.306 e. The molecule has 18 heavy (non-hydrogen) atoms. The molecule has 2 rings (SSSR count). The van der Waals surface area contributed by atoms with Crippen molar-refractivity contribution in [2.45, 2.75) is 51.4 Å². The largest absolute Gasteiger partial charge is 0.306 e. The highest BCUT2D eigenvalue weighted by Gasteiger charge is 2.31. The van der Waals surface area contributed by atoms with Gasteiger partial charge in [0.1, 0.15) is 0 Å². The molecule has 1 aromatic carbocycles. The smallest absolute Gasteiger partial charge is 0.0371 e. The minimum atomic E-state index is 0.248. The fraction of sp³-hybridized carbons (Fsp3) is 0.625. The molecule has 1 aliphatic rings. The van der Waals surface area contributed by atoms with Crippen LogP contribution in [0.1, 0.15) is 45.7 Å². The molecule has 1 saturated heterocycles. The fourth-order valence-corrected chi connectivity index (χ4v) is 3.82. The van der Waals surface area contributed by atoms with Crippen molar-refractivity contribution in [3.63, 3.8) is 0 Å². The second-order valence-electron chi connectivity index (χ2n) is 6.45. The summed E-state index contributed by atoms with van der Waals surface area (Å²) in [6, 6.07) is 12.0. The lowest BCUT2D eigenvalue weighted by atomic mass is 9.82. The van der Waals surface area contributed by atoms with Gasteiger partial charge >= 0.3 is 0 Å². The van der Waals surface area contributed by atoms with Gasteiger partial charge < -0.3 is 5.32 Å². The summed E-state index contributed by atoms with van der Waals surface area (Å²) >= 11 is 2.09. The summed E-state index contributed by atoms with van der Waals surface area (Å²) in [6.07, 6.45) is 1.30. The number of hydrogen-bond acceptors (Lipinski definition) is 2. The van der Waals surface area contributed by atoms with Crippen molar-refractivity contribution in [2.24, 2.45) is 5.41 Å². The van der Waals surface area contributed by atoms with Crippen molar-refractivity contribution in [2.75, 3.05) is 5.75 Å². The van der Waals surface area contributed by atoms with E-state index < -0.39 is 0 Å². The molecule has 3 atom stereocenters. The molecule has 0 aromatic heterocycles. The second-order valence-corrected chi connectivity index (χ2v) is 7.92. The van der Waals surface area contributed by atoms with Crippen molar-refractivity contribution >= 4 is 11.8 Å². The van der Waals surface area contributed by atoms with Gasteiger partial charge in [0, 0.05) is 23.1 Å². The van der Waals surface area contributed by atoms with Crippen molar-refractivity contribution < 1.29 is 0 Å². The monoisotopic (exact) mass is 263 g/mol. The zero-order valence-corrected chi connectivity index (χ0v) is 12.8. The summed E-state index contributed by atoms with van der Waals surface area (Å²) in [5.74, 6) is 1.25. The molecule has 0 bridgehead atoms. The van der Waals surface area contributed by atoms with Gasteiger partial charge in [0.2, 0.25) is 0 Å². The van der Waals surface area contributed by atoms with Crippen molar-refractivity contribution in [1.82, 2.24) is 5.32 Å². The molecule has 1 aromatic rings. The fourth-order valence-electron chi connectivity index (χ4n) is 2.66.